The molecule has 1 heterocycles. The van der Waals surface area contributed by atoms with Gasteiger partial charge in [0.15, 0.2) is 0 Å². The normalized spacial score (nSPS) is 13.6. The van der Waals surface area contributed by atoms with Crippen LogP contribution in [0.2, 0.25) is 0 Å². The minimum atomic E-state index is -2.90. The molecule has 0 bridgehead atoms. The Morgan fingerprint density at radius 3 is 2.88 bits per heavy atom. The van der Waals surface area contributed by atoms with E-state index in [-0.39, 0.29) is 18.2 Å². The maximum atomic E-state index is 12.2. The van der Waals surface area contributed by atoms with Crippen LogP contribution >= 0.6 is 0 Å². The highest BCUT2D eigenvalue weighted by atomic mass is 19.3. The first kappa shape index (κ1) is 10.6. The third-order valence-corrected chi connectivity index (χ3v) is 2.35. The van der Waals surface area contributed by atoms with E-state index >= 15 is 0 Å². The van der Waals surface area contributed by atoms with Crippen molar-refractivity contribution in [1.29, 1.82) is 0 Å². The Morgan fingerprint density at radius 1 is 1.50 bits per heavy atom. The molecule has 0 unspecified atom stereocenters. The number of halogens is 2. The van der Waals surface area contributed by atoms with Gasteiger partial charge in [0.2, 0.25) is 0 Å². The smallest absolute Gasteiger partial charge is 0.387 e. The van der Waals surface area contributed by atoms with Gasteiger partial charge in [0.05, 0.1) is 0 Å². The van der Waals surface area contributed by atoms with E-state index in [1.807, 2.05) is 0 Å². The third-order valence-electron chi connectivity index (χ3n) is 2.35. The van der Waals surface area contributed by atoms with Gasteiger partial charge in [0.1, 0.15) is 5.75 Å². The van der Waals surface area contributed by atoms with Crippen molar-refractivity contribution >= 4 is 12.0 Å². The van der Waals surface area contributed by atoms with Crippen LogP contribution in [0, 0.1) is 0 Å². The second-order valence-electron chi connectivity index (χ2n) is 3.31. The van der Waals surface area contributed by atoms with E-state index in [0.717, 1.165) is 0 Å². The molecule has 2 rings (SSSR count). The van der Waals surface area contributed by atoms with Crippen molar-refractivity contribution in [3.8, 4) is 5.75 Å². The standard InChI is InChI=1S/C11H9F2NO2/c1-2-6-3-7-8(5-14-10(7)15)9(4-6)16-11(12)13/h2-4,11H,1,5H2,(H,14,15). The molecule has 0 aromatic heterocycles. The second kappa shape index (κ2) is 3.92. The molecule has 1 N–H and O–H groups in total. The molecule has 1 aliphatic rings. The van der Waals surface area contributed by atoms with E-state index in [4.69, 9.17) is 0 Å². The minimum absolute atomic E-state index is 0.0285. The first-order valence-corrected chi connectivity index (χ1v) is 4.64. The minimum Gasteiger partial charge on any atom is -0.434 e. The fraction of sp³-hybridized carbons (Fsp3) is 0.182. The molecule has 0 fully saturated rings. The number of rotatable bonds is 3. The number of hydrogen-bond donors (Lipinski definition) is 1. The van der Waals surface area contributed by atoms with E-state index in [1.54, 1.807) is 6.07 Å². The second-order valence-corrected chi connectivity index (χ2v) is 3.31. The Kier molecular flexibility index (Phi) is 2.60. The van der Waals surface area contributed by atoms with Crippen LogP contribution in [-0.4, -0.2) is 12.5 Å². The lowest BCUT2D eigenvalue weighted by Crippen LogP contribution is -2.12. The SMILES string of the molecule is C=Cc1cc(OC(F)F)c2c(c1)C(=O)NC2. The van der Waals surface area contributed by atoms with Crippen LogP contribution in [0.3, 0.4) is 0 Å². The van der Waals surface area contributed by atoms with Crippen molar-refractivity contribution in [2.75, 3.05) is 0 Å². The summed E-state index contributed by atoms with van der Waals surface area (Å²) in [5.74, 6) is -0.251. The Balaban J connectivity index is 2.51. The van der Waals surface area contributed by atoms with Gasteiger partial charge >= 0.3 is 6.61 Å². The van der Waals surface area contributed by atoms with Gasteiger partial charge in [-0.25, -0.2) is 0 Å². The topological polar surface area (TPSA) is 38.3 Å². The summed E-state index contributed by atoms with van der Waals surface area (Å²) in [5.41, 5.74) is 1.41. The van der Waals surface area contributed by atoms with E-state index in [9.17, 15) is 13.6 Å². The summed E-state index contributed by atoms with van der Waals surface area (Å²) in [6.07, 6.45) is 1.48. The van der Waals surface area contributed by atoms with Gasteiger partial charge in [0, 0.05) is 17.7 Å². The van der Waals surface area contributed by atoms with Crippen LogP contribution in [-0.2, 0) is 6.54 Å². The van der Waals surface area contributed by atoms with Gasteiger partial charge in [-0.2, -0.15) is 8.78 Å². The summed E-state index contributed by atoms with van der Waals surface area (Å²) in [7, 11) is 0. The van der Waals surface area contributed by atoms with Gasteiger partial charge in [-0.05, 0) is 17.7 Å². The monoisotopic (exact) mass is 225 g/mol. The molecule has 0 spiro atoms. The fourth-order valence-electron chi connectivity index (χ4n) is 1.63. The van der Waals surface area contributed by atoms with E-state index in [1.165, 1.54) is 12.1 Å². The van der Waals surface area contributed by atoms with Crippen molar-refractivity contribution in [2.24, 2.45) is 0 Å². The van der Waals surface area contributed by atoms with E-state index < -0.39 is 6.61 Å². The first-order chi connectivity index (χ1) is 7.61. The molecule has 16 heavy (non-hydrogen) atoms. The molecule has 1 aliphatic heterocycles. The van der Waals surface area contributed by atoms with Gasteiger partial charge in [0.25, 0.3) is 5.91 Å². The van der Waals surface area contributed by atoms with E-state index in [0.29, 0.717) is 16.7 Å². The van der Waals surface area contributed by atoms with Gasteiger partial charge < -0.3 is 10.1 Å². The third kappa shape index (κ3) is 1.76. The number of nitrogens with one attached hydrogen (secondary N) is 1. The molecular weight excluding hydrogens is 216 g/mol. The van der Waals surface area contributed by atoms with Crippen molar-refractivity contribution in [1.82, 2.24) is 5.32 Å². The molecule has 1 aromatic rings. The Hall–Kier alpha value is -1.91. The van der Waals surface area contributed by atoms with Gasteiger partial charge in [-0.1, -0.05) is 12.7 Å². The number of fused-ring (bicyclic) bond motifs is 1. The fourth-order valence-corrected chi connectivity index (χ4v) is 1.63. The zero-order chi connectivity index (χ0) is 11.7. The lowest BCUT2D eigenvalue weighted by Gasteiger charge is -2.09. The average molecular weight is 225 g/mol. The number of carbonyl (C=O) groups excluding carboxylic acids is 1. The predicted octanol–water partition coefficient (Wildman–Crippen LogP) is 2.17. The number of benzene rings is 1. The molecule has 5 heteroatoms. The van der Waals surface area contributed by atoms with Crippen molar-refractivity contribution in [3.05, 3.63) is 35.4 Å². The number of hydrogen-bond acceptors (Lipinski definition) is 2. The predicted molar refractivity (Wildman–Crippen MR) is 54.3 cm³/mol. The summed E-state index contributed by atoms with van der Waals surface area (Å²) >= 11 is 0. The average Bonchev–Trinajstić information content (AvgIpc) is 2.60. The first-order valence-electron chi connectivity index (χ1n) is 4.64. The molecule has 3 nitrogen and oxygen atoms in total. The molecule has 0 aliphatic carbocycles. The van der Waals surface area contributed by atoms with Crippen LogP contribution in [0.4, 0.5) is 8.78 Å². The zero-order valence-electron chi connectivity index (χ0n) is 8.30. The van der Waals surface area contributed by atoms with Crippen molar-refractivity contribution in [2.45, 2.75) is 13.2 Å². The molecule has 1 aromatic carbocycles. The Morgan fingerprint density at radius 2 is 2.25 bits per heavy atom. The molecule has 0 saturated carbocycles. The Labute approximate surface area is 90.7 Å². The Bertz CT molecular complexity index is 458. The zero-order valence-corrected chi connectivity index (χ0v) is 8.30. The van der Waals surface area contributed by atoms with Crippen LogP contribution in [0.15, 0.2) is 18.7 Å². The van der Waals surface area contributed by atoms with Crippen LogP contribution in [0.25, 0.3) is 6.08 Å². The van der Waals surface area contributed by atoms with Crippen LogP contribution in [0.5, 0.6) is 5.75 Å². The van der Waals surface area contributed by atoms with Gasteiger partial charge in [-0.3, -0.25) is 4.79 Å². The largest absolute Gasteiger partial charge is 0.434 e. The number of carbonyl (C=O) groups is 1. The maximum Gasteiger partial charge on any atom is 0.387 e. The maximum absolute atomic E-state index is 12.2. The highest BCUT2D eigenvalue weighted by molar-refractivity contribution is 5.99. The van der Waals surface area contributed by atoms with Crippen LogP contribution < -0.4 is 10.1 Å². The van der Waals surface area contributed by atoms with Gasteiger partial charge in [-0.15, -0.1) is 0 Å². The summed E-state index contributed by atoms with van der Waals surface area (Å²) in [5, 5.41) is 2.55. The summed E-state index contributed by atoms with van der Waals surface area (Å²) in [6, 6.07) is 3.04. The molecular formula is C11H9F2NO2. The molecule has 84 valence electrons. The van der Waals surface area contributed by atoms with Crippen LogP contribution in [0.1, 0.15) is 21.5 Å². The van der Waals surface area contributed by atoms with Crippen molar-refractivity contribution in [3.63, 3.8) is 0 Å². The molecule has 0 saturated heterocycles. The highest BCUT2D eigenvalue weighted by Gasteiger charge is 2.24. The number of amides is 1. The summed E-state index contributed by atoms with van der Waals surface area (Å²) in [6.45, 7) is 0.840. The number of alkyl halides is 2. The lowest BCUT2D eigenvalue weighted by molar-refractivity contribution is -0.0504. The molecule has 0 radical (unpaired) electrons. The molecule has 0 atom stereocenters. The summed E-state index contributed by atoms with van der Waals surface area (Å²) in [4.78, 5) is 11.4. The van der Waals surface area contributed by atoms with Crippen molar-refractivity contribution < 1.29 is 18.3 Å². The lowest BCUT2D eigenvalue weighted by atomic mass is 10.0. The van der Waals surface area contributed by atoms with E-state index in [2.05, 4.69) is 16.6 Å². The number of ether oxygens (including phenoxy) is 1. The quantitative estimate of drug-likeness (QED) is 0.856. The molecule has 1 amide bonds. The summed E-state index contributed by atoms with van der Waals surface area (Å²) < 4.78 is 28.7. The highest BCUT2D eigenvalue weighted by Crippen LogP contribution is 2.30.